The Hall–Kier alpha value is -2.02. The van der Waals surface area contributed by atoms with E-state index >= 15 is 0 Å². The number of carbonyl (C=O) groups is 3. The number of carboxylic acid groups (broad SMARTS) is 1. The number of amides is 2. The van der Waals surface area contributed by atoms with Crippen LogP contribution in [0, 0.1) is 0 Å². The molecule has 1 aromatic rings. The molecule has 1 aromatic carbocycles. The third-order valence-electron chi connectivity index (χ3n) is 4.38. The molecule has 13 heteroatoms. The van der Waals surface area contributed by atoms with Gasteiger partial charge in [0.25, 0.3) is 10.1 Å². The van der Waals surface area contributed by atoms with E-state index < -0.39 is 49.9 Å². The van der Waals surface area contributed by atoms with Crippen LogP contribution in [-0.2, 0) is 24.5 Å². The maximum Gasteiger partial charge on any atom is 0.327 e. The maximum absolute atomic E-state index is 12.7. The summed E-state index contributed by atoms with van der Waals surface area (Å²) in [5, 5.41) is 18.0. The van der Waals surface area contributed by atoms with Gasteiger partial charge >= 0.3 is 5.97 Å². The fraction of sp³-hybridized carbons (Fsp3) is 0.400. The summed E-state index contributed by atoms with van der Waals surface area (Å²) in [4.78, 5) is 37.1. The van der Waals surface area contributed by atoms with Crippen LogP contribution in [0.15, 0.2) is 24.3 Å². The number of hydrogen-bond acceptors (Lipinski definition) is 7. The van der Waals surface area contributed by atoms with Crippen LogP contribution in [0.5, 0.6) is 5.75 Å². The molecule has 2 aliphatic rings. The fourth-order valence-electron chi connectivity index (χ4n) is 3.05. The Morgan fingerprint density at radius 2 is 1.93 bits per heavy atom. The zero-order chi connectivity index (χ0) is 20.9. The predicted molar refractivity (Wildman–Crippen MR) is 100.0 cm³/mol. The Bertz CT molecular complexity index is 938. The minimum atomic E-state index is -4.65. The van der Waals surface area contributed by atoms with Crippen molar-refractivity contribution >= 4 is 57.0 Å². The zero-order valence-corrected chi connectivity index (χ0v) is 16.4. The minimum Gasteiger partial charge on any atom is -0.508 e. The number of β-lactam (4-membered cyclic amide) rings is 1. The maximum atomic E-state index is 12.7. The van der Waals surface area contributed by atoms with Crippen LogP contribution in [0.25, 0.3) is 0 Å². The first kappa shape index (κ1) is 20.7. The van der Waals surface area contributed by atoms with E-state index in [4.69, 9.17) is 16.2 Å². The molecular weight excluding hydrogens is 436 g/mol. The Labute approximate surface area is 168 Å². The number of benzene rings is 1. The minimum absolute atomic E-state index is 0.0231. The number of fused-ring (bicyclic) bond motifs is 1. The average Bonchev–Trinajstić information content (AvgIpc) is 2.59. The molecule has 152 valence electrons. The lowest BCUT2D eigenvalue weighted by Gasteiger charge is -2.55. The molecule has 3 atom stereocenters. The van der Waals surface area contributed by atoms with E-state index in [1.54, 1.807) is 0 Å². The van der Waals surface area contributed by atoms with Crippen LogP contribution in [0.4, 0.5) is 5.69 Å². The van der Waals surface area contributed by atoms with Crippen molar-refractivity contribution in [2.24, 2.45) is 0 Å². The molecule has 2 saturated heterocycles. The number of aliphatic carboxylic acids is 1. The first-order chi connectivity index (χ1) is 12.9. The lowest BCUT2D eigenvalue weighted by Crippen LogP contribution is -2.75. The molecule has 2 amide bonds. The summed E-state index contributed by atoms with van der Waals surface area (Å²) in [6, 6.07) is 4.06. The monoisotopic (exact) mass is 450 g/mol. The number of carboxylic acids is 1. The number of hydrogen-bond donors (Lipinski definition) is 3. The number of aromatic hydroxyl groups is 1. The highest BCUT2D eigenvalue weighted by molar-refractivity contribution is 8.00. The Morgan fingerprint density at radius 3 is 2.46 bits per heavy atom. The summed E-state index contributed by atoms with van der Waals surface area (Å²) in [6.07, 6.45) is 0. The summed E-state index contributed by atoms with van der Waals surface area (Å²) in [5.41, 5.74) is 0.144. The van der Waals surface area contributed by atoms with Crippen molar-refractivity contribution < 1.29 is 37.6 Å². The van der Waals surface area contributed by atoms with Gasteiger partial charge in [-0.3, -0.25) is 23.8 Å². The zero-order valence-electron chi connectivity index (χ0n) is 14.1. The standard InChI is InChI=1S/C15H15ClN2O8S2/c16-15(14(22)23)6-17-12(21)11(13(17)27-7-15)18(10(20)5-28(24,25)26)8-1-3-9(19)4-2-8/h1-4,11,13,19H,5-7H2,(H,22,23)(H,24,25,26)/t11?,13-,15?/m1/s1. The number of phenolic OH excluding ortho intramolecular Hbond substituents is 1. The molecule has 2 heterocycles. The molecule has 2 aliphatic heterocycles. The van der Waals surface area contributed by atoms with Crippen LogP contribution >= 0.6 is 23.4 Å². The van der Waals surface area contributed by atoms with Crippen molar-refractivity contribution in [3.8, 4) is 5.75 Å². The fourth-order valence-corrected chi connectivity index (χ4v) is 5.25. The molecule has 0 bridgehead atoms. The second-order valence-electron chi connectivity index (χ2n) is 6.39. The molecule has 3 N–H and O–H groups in total. The Balaban J connectivity index is 1.92. The molecule has 0 aliphatic carbocycles. The number of phenols is 1. The molecular formula is C15H15ClN2O8S2. The molecule has 28 heavy (non-hydrogen) atoms. The van der Waals surface area contributed by atoms with Gasteiger partial charge in [-0.05, 0) is 24.3 Å². The third-order valence-corrected chi connectivity index (χ3v) is 7.08. The SMILES string of the molecule is O=C(CS(=O)(=O)O)N(c1ccc(O)cc1)C1C(=O)N2CC(Cl)(C(=O)O)CS[C@H]12. The number of nitrogens with zero attached hydrogens (tertiary/aromatic N) is 2. The molecule has 0 aromatic heterocycles. The second-order valence-corrected chi connectivity index (χ2v) is 9.67. The Kier molecular flexibility index (Phi) is 5.25. The summed E-state index contributed by atoms with van der Waals surface area (Å²) in [5.74, 6) is -4.26. The smallest absolute Gasteiger partial charge is 0.327 e. The van der Waals surface area contributed by atoms with E-state index in [1.807, 2.05) is 0 Å². The van der Waals surface area contributed by atoms with E-state index in [0.29, 0.717) is 0 Å². The van der Waals surface area contributed by atoms with E-state index in [2.05, 4.69) is 0 Å². The largest absolute Gasteiger partial charge is 0.508 e. The van der Waals surface area contributed by atoms with Crippen LogP contribution < -0.4 is 4.90 Å². The van der Waals surface area contributed by atoms with Gasteiger partial charge in [0.2, 0.25) is 11.8 Å². The van der Waals surface area contributed by atoms with Gasteiger partial charge < -0.3 is 15.1 Å². The van der Waals surface area contributed by atoms with Crippen molar-refractivity contribution in [3.05, 3.63) is 24.3 Å². The van der Waals surface area contributed by atoms with Crippen molar-refractivity contribution in [1.29, 1.82) is 0 Å². The van der Waals surface area contributed by atoms with E-state index in [9.17, 15) is 33.0 Å². The topological polar surface area (TPSA) is 153 Å². The highest BCUT2D eigenvalue weighted by atomic mass is 35.5. The summed E-state index contributed by atoms with van der Waals surface area (Å²) in [7, 11) is -4.65. The van der Waals surface area contributed by atoms with Gasteiger partial charge in [-0.15, -0.1) is 23.4 Å². The van der Waals surface area contributed by atoms with E-state index in [-0.39, 0.29) is 23.7 Å². The third kappa shape index (κ3) is 3.77. The molecule has 2 unspecified atom stereocenters. The number of halogens is 1. The van der Waals surface area contributed by atoms with Crippen molar-refractivity contribution in [2.75, 3.05) is 23.0 Å². The number of thioether (sulfide) groups is 1. The van der Waals surface area contributed by atoms with Gasteiger partial charge in [0.05, 0.1) is 6.54 Å². The van der Waals surface area contributed by atoms with Crippen molar-refractivity contribution in [1.82, 2.24) is 4.90 Å². The molecule has 2 fully saturated rings. The Morgan fingerprint density at radius 1 is 1.32 bits per heavy atom. The lowest BCUT2D eigenvalue weighted by molar-refractivity contribution is -0.150. The van der Waals surface area contributed by atoms with Gasteiger partial charge in [0, 0.05) is 11.4 Å². The highest BCUT2D eigenvalue weighted by Gasteiger charge is 2.59. The normalized spacial score (nSPS) is 26.9. The number of carbonyl (C=O) groups excluding carboxylic acids is 2. The summed E-state index contributed by atoms with van der Waals surface area (Å²) < 4.78 is 31.4. The molecule has 0 saturated carbocycles. The van der Waals surface area contributed by atoms with Crippen LogP contribution in [0.2, 0.25) is 0 Å². The summed E-state index contributed by atoms with van der Waals surface area (Å²) >= 11 is 7.10. The number of rotatable bonds is 5. The molecule has 0 spiro atoms. The molecule has 3 rings (SSSR count). The van der Waals surface area contributed by atoms with Crippen LogP contribution in [0.1, 0.15) is 0 Å². The van der Waals surface area contributed by atoms with Crippen molar-refractivity contribution in [2.45, 2.75) is 16.3 Å². The van der Waals surface area contributed by atoms with Gasteiger partial charge in [-0.2, -0.15) is 8.42 Å². The van der Waals surface area contributed by atoms with Crippen LogP contribution in [-0.4, -0.2) is 80.2 Å². The lowest BCUT2D eigenvalue weighted by atomic mass is 10.00. The predicted octanol–water partition coefficient (Wildman–Crippen LogP) is -0.0411. The highest BCUT2D eigenvalue weighted by Crippen LogP contribution is 2.44. The van der Waals surface area contributed by atoms with E-state index in [0.717, 1.165) is 16.7 Å². The van der Waals surface area contributed by atoms with Gasteiger partial charge in [0.1, 0.15) is 17.2 Å². The van der Waals surface area contributed by atoms with E-state index in [1.165, 1.54) is 29.2 Å². The van der Waals surface area contributed by atoms with Gasteiger partial charge in [-0.1, -0.05) is 0 Å². The van der Waals surface area contributed by atoms with Crippen LogP contribution in [0.3, 0.4) is 0 Å². The second kappa shape index (κ2) is 7.10. The summed E-state index contributed by atoms with van der Waals surface area (Å²) in [6.45, 7) is -0.257. The molecule has 0 radical (unpaired) electrons. The first-order valence-electron chi connectivity index (χ1n) is 7.84. The van der Waals surface area contributed by atoms with Crippen molar-refractivity contribution in [3.63, 3.8) is 0 Å². The number of anilines is 1. The number of alkyl halides is 1. The van der Waals surface area contributed by atoms with Gasteiger partial charge in [-0.25, -0.2) is 0 Å². The average molecular weight is 451 g/mol. The van der Waals surface area contributed by atoms with Gasteiger partial charge in [0.15, 0.2) is 10.6 Å². The first-order valence-corrected chi connectivity index (χ1v) is 10.9. The quantitative estimate of drug-likeness (QED) is 0.318. The molecule has 10 nitrogen and oxygen atoms in total.